The van der Waals surface area contributed by atoms with E-state index in [2.05, 4.69) is 15.1 Å². The minimum absolute atomic E-state index is 0.134. The van der Waals surface area contributed by atoms with E-state index >= 15 is 0 Å². The average Bonchev–Trinajstić information content (AvgIpc) is 3.15. The number of esters is 1. The van der Waals surface area contributed by atoms with Crippen LogP contribution in [0.4, 0.5) is 0 Å². The monoisotopic (exact) mass is 329 g/mol. The number of hydrogen-bond donors (Lipinski definition) is 1. The zero-order chi connectivity index (χ0) is 15.8. The number of H-pyrrole nitrogens is 1. The number of cyclic esters (lactones) is 1. The minimum Gasteiger partial charge on any atom is -0.458 e. The van der Waals surface area contributed by atoms with Crippen molar-refractivity contribution in [1.82, 2.24) is 15.1 Å². The maximum absolute atomic E-state index is 11.6. The lowest BCUT2D eigenvalue weighted by molar-refractivity contribution is -0.136. The summed E-state index contributed by atoms with van der Waals surface area (Å²) in [7, 11) is 0. The highest BCUT2D eigenvalue weighted by Gasteiger charge is 2.30. The number of nitrogens with one attached hydrogen (secondary N) is 1. The molecule has 0 saturated heterocycles. The van der Waals surface area contributed by atoms with Gasteiger partial charge in [-0.3, -0.25) is 10.00 Å². The summed E-state index contributed by atoms with van der Waals surface area (Å²) in [4.78, 5) is 13.9. The summed E-state index contributed by atoms with van der Waals surface area (Å²) in [6, 6.07) is 7.72. The van der Waals surface area contributed by atoms with Crippen molar-refractivity contribution in [1.29, 1.82) is 0 Å². The van der Waals surface area contributed by atoms with Gasteiger partial charge in [0.25, 0.3) is 0 Å². The fourth-order valence-corrected chi connectivity index (χ4v) is 3.31. The third kappa shape index (κ3) is 2.78. The largest absolute Gasteiger partial charge is 0.458 e. The van der Waals surface area contributed by atoms with Crippen molar-refractivity contribution < 1.29 is 9.53 Å². The van der Waals surface area contributed by atoms with Gasteiger partial charge in [-0.15, -0.1) is 0 Å². The van der Waals surface area contributed by atoms with E-state index in [4.69, 9.17) is 16.3 Å². The molecule has 0 fully saturated rings. The third-order valence-electron chi connectivity index (χ3n) is 4.39. The first kappa shape index (κ1) is 14.5. The molecule has 4 rings (SSSR count). The molecular weight excluding hydrogens is 314 g/mol. The lowest BCUT2D eigenvalue weighted by atomic mass is 10.0. The Morgan fingerprint density at radius 3 is 2.96 bits per heavy atom. The number of carbonyl (C=O) groups excluding carboxylic acids is 1. The van der Waals surface area contributed by atoms with Crippen molar-refractivity contribution >= 4 is 17.6 Å². The maximum atomic E-state index is 11.6. The van der Waals surface area contributed by atoms with Crippen LogP contribution in [0, 0.1) is 0 Å². The second kappa shape index (κ2) is 5.83. The molecule has 0 atom stereocenters. The standard InChI is InChI=1S/C17H16ClN3O2/c18-14-3-1-11(2-4-14)16-12(7-19-20-16)8-21-6-5-15-13(9-21)10-23-17(15)22/h1-4,7H,5-6,8-10H2,(H,19,20). The summed E-state index contributed by atoms with van der Waals surface area (Å²) in [5.74, 6) is -0.134. The van der Waals surface area contributed by atoms with Crippen molar-refractivity contribution in [3.8, 4) is 11.3 Å². The van der Waals surface area contributed by atoms with Gasteiger partial charge in [0.2, 0.25) is 0 Å². The van der Waals surface area contributed by atoms with E-state index in [1.54, 1.807) is 0 Å². The summed E-state index contributed by atoms with van der Waals surface area (Å²) in [6.45, 7) is 2.88. The van der Waals surface area contributed by atoms with Crippen molar-refractivity contribution in [3.05, 3.63) is 52.2 Å². The smallest absolute Gasteiger partial charge is 0.334 e. The molecule has 0 unspecified atom stereocenters. The Bertz CT molecular complexity index is 779. The Morgan fingerprint density at radius 1 is 1.30 bits per heavy atom. The molecule has 3 heterocycles. The van der Waals surface area contributed by atoms with Crippen LogP contribution in [0.15, 0.2) is 41.6 Å². The number of nitrogens with zero attached hydrogens (tertiary/aromatic N) is 2. The van der Waals surface area contributed by atoms with Gasteiger partial charge in [0.05, 0.1) is 11.9 Å². The Morgan fingerprint density at radius 2 is 2.13 bits per heavy atom. The lowest BCUT2D eigenvalue weighted by Gasteiger charge is -2.26. The molecule has 2 aromatic rings. The average molecular weight is 330 g/mol. The molecule has 0 radical (unpaired) electrons. The van der Waals surface area contributed by atoms with Gasteiger partial charge in [0.15, 0.2) is 0 Å². The summed E-state index contributed by atoms with van der Waals surface area (Å²) in [6.07, 6.45) is 2.63. The number of aromatic amines is 1. The van der Waals surface area contributed by atoms with E-state index in [9.17, 15) is 4.79 Å². The van der Waals surface area contributed by atoms with Crippen LogP contribution in [-0.4, -0.2) is 40.8 Å². The molecule has 1 aromatic carbocycles. The molecule has 1 aromatic heterocycles. The number of hydrogen-bond acceptors (Lipinski definition) is 4. The number of halogens is 1. The van der Waals surface area contributed by atoms with Crippen molar-refractivity contribution in [2.24, 2.45) is 0 Å². The number of aromatic nitrogens is 2. The fraction of sp³-hybridized carbons (Fsp3) is 0.294. The Kier molecular flexibility index (Phi) is 3.67. The molecule has 118 valence electrons. The van der Waals surface area contributed by atoms with Crippen LogP contribution in [0.25, 0.3) is 11.3 Å². The molecule has 0 bridgehead atoms. The van der Waals surface area contributed by atoms with Gasteiger partial charge in [-0.1, -0.05) is 23.7 Å². The summed E-state index contributed by atoms with van der Waals surface area (Å²) in [5, 5.41) is 7.98. The van der Waals surface area contributed by atoms with Gasteiger partial charge in [-0.25, -0.2) is 4.79 Å². The van der Waals surface area contributed by atoms with E-state index in [-0.39, 0.29) is 5.97 Å². The first-order valence-electron chi connectivity index (χ1n) is 7.59. The third-order valence-corrected chi connectivity index (χ3v) is 4.64. The SMILES string of the molecule is O=C1OCC2=C1CCN(Cc1cn[nH]c1-c1ccc(Cl)cc1)C2. The highest BCUT2D eigenvalue weighted by molar-refractivity contribution is 6.30. The van der Waals surface area contributed by atoms with Gasteiger partial charge >= 0.3 is 5.97 Å². The van der Waals surface area contributed by atoms with E-state index in [1.807, 2.05) is 30.5 Å². The maximum Gasteiger partial charge on any atom is 0.334 e. The molecule has 2 aliphatic heterocycles. The second-order valence-electron chi connectivity index (χ2n) is 5.90. The summed E-state index contributed by atoms with van der Waals surface area (Å²) < 4.78 is 5.12. The predicted octanol–water partition coefficient (Wildman–Crippen LogP) is 2.79. The summed E-state index contributed by atoms with van der Waals surface area (Å²) in [5.41, 5.74) is 5.23. The molecule has 1 N–H and O–H groups in total. The molecule has 23 heavy (non-hydrogen) atoms. The molecule has 5 nitrogen and oxygen atoms in total. The first-order valence-corrected chi connectivity index (χ1v) is 7.97. The zero-order valence-corrected chi connectivity index (χ0v) is 13.3. The number of benzene rings is 1. The van der Waals surface area contributed by atoms with Gasteiger partial charge in [0.1, 0.15) is 6.61 Å². The first-order chi connectivity index (χ1) is 11.2. The van der Waals surface area contributed by atoms with E-state index in [1.165, 1.54) is 0 Å². The van der Waals surface area contributed by atoms with Crippen LogP contribution in [0.3, 0.4) is 0 Å². The Balaban J connectivity index is 1.53. The Hall–Kier alpha value is -2.11. The molecule has 0 amide bonds. The highest BCUT2D eigenvalue weighted by atomic mass is 35.5. The van der Waals surface area contributed by atoms with E-state index < -0.39 is 0 Å². The fourth-order valence-electron chi connectivity index (χ4n) is 3.18. The van der Waals surface area contributed by atoms with Gasteiger partial charge < -0.3 is 4.74 Å². The van der Waals surface area contributed by atoms with E-state index in [0.717, 1.165) is 59.0 Å². The topological polar surface area (TPSA) is 58.2 Å². The number of ether oxygens (including phenoxy) is 1. The second-order valence-corrected chi connectivity index (χ2v) is 6.33. The van der Waals surface area contributed by atoms with Gasteiger partial charge in [-0.05, 0) is 29.7 Å². The minimum atomic E-state index is -0.134. The van der Waals surface area contributed by atoms with Crippen LogP contribution in [-0.2, 0) is 16.1 Å². The highest BCUT2D eigenvalue weighted by Crippen LogP contribution is 2.28. The van der Waals surface area contributed by atoms with Crippen LogP contribution < -0.4 is 0 Å². The van der Waals surface area contributed by atoms with Crippen LogP contribution in [0.5, 0.6) is 0 Å². The molecule has 6 heteroatoms. The van der Waals surface area contributed by atoms with Gasteiger partial charge in [-0.2, -0.15) is 5.10 Å². The van der Waals surface area contributed by atoms with Crippen molar-refractivity contribution in [2.45, 2.75) is 13.0 Å². The Labute approximate surface area is 138 Å². The molecule has 0 saturated carbocycles. The molecule has 0 aliphatic carbocycles. The molecule has 0 spiro atoms. The zero-order valence-electron chi connectivity index (χ0n) is 12.5. The van der Waals surface area contributed by atoms with Crippen LogP contribution in [0.2, 0.25) is 5.02 Å². The van der Waals surface area contributed by atoms with E-state index in [0.29, 0.717) is 6.61 Å². The number of rotatable bonds is 3. The molecule has 2 aliphatic rings. The van der Waals surface area contributed by atoms with Crippen molar-refractivity contribution in [3.63, 3.8) is 0 Å². The van der Waals surface area contributed by atoms with Gasteiger partial charge in [0, 0.05) is 35.8 Å². The normalized spacial score (nSPS) is 18.2. The van der Waals surface area contributed by atoms with Crippen LogP contribution >= 0.6 is 11.6 Å². The number of carbonyl (C=O) groups is 1. The quantitative estimate of drug-likeness (QED) is 0.880. The molecular formula is C17H16ClN3O2. The predicted molar refractivity (Wildman–Crippen MR) is 86.9 cm³/mol. The van der Waals surface area contributed by atoms with Crippen LogP contribution in [0.1, 0.15) is 12.0 Å². The lowest BCUT2D eigenvalue weighted by Crippen LogP contribution is -2.31. The van der Waals surface area contributed by atoms with Crippen molar-refractivity contribution in [2.75, 3.05) is 19.7 Å². The summed E-state index contributed by atoms with van der Waals surface area (Å²) >= 11 is 5.95.